The Morgan fingerprint density at radius 1 is 1.37 bits per heavy atom. The van der Waals surface area contributed by atoms with Gasteiger partial charge in [-0.3, -0.25) is 0 Å². The summed E-state index contributed by atoms with van der Waals surface area (Å²) in [5.41, 5.74) is 0.965. The van der Waals surface area contributed by atoms with Crippen molar-refractivity contribution in [3.05, 3.63) is 38.8 Å². The molecule has 0 N–H and O–H groups in total. The molecule has 6 heteroatoms. The number of aryl methyl sites for hydroxylation is 1. The molecule has 0 aliphatic heterocycles. The van der Waals surface area contributed by atoms with Crippen molar-refractivity contribution >= 4 is 40.5 Å². The van der Waals surface area contributed by atoms with Gasteiger partial charge in [0.2, 0.25) is 0 Å². The number of rotatable bonds is 3. The molecular formula is C13H11Cl2NO2S. The zero-order valence-electron chi connectivity index (χ0n) is 10.4. The van der Waals surface area contributed by atoms with Gasteiger partial charge < -0.3 is 4.74 Å². The second kappa shape index (κ2) is 5.90. The Balaban J connectivity index is 2.48. The quantitative estimate of drug-likeness (QED) is 0.777. The SMILES string of the molecule is CCOC(=O)c1nc(-c2c(Cl)cccc2Cl)sc1C. The summed E-state index contributed by atoms with van der Waals surface area (Å²) in [7, 11) is 0. The molecule has 2 rings (SSSR count). The molecule has 0 amide bonds. The average molecular weight is 316 g/mol. The second-order valence-electron chi connectivity index (χ2n) is 3.74. The average Bonchev–Trinajstić information content (AvgIpc) is 2.71. The van der Waals surface area contributed by atoms with E-state index in [9.17, 15) is 4.79 Å². The van der Waals surface area contributed by atoms with E-state index in [1.807, 2.05) is 6.92 Å². The molecule has 0 spiro atoms. The van der Waals surface area contributed by atoms with Gasteiger partial charge in [0, 0.05) is 10.4 Å². The number of halogens is 2. The summed E-state index contributed by atoms with van der Waals surface area (Å²) >= 11 is 13.6. The van der Waals surface area contributed by atoms with Crippen molar-refractivity contribution in [3.63, 3.8) is 0 Å². The maximum absolute atomic E-state index is 11.7. The van der Waals surface area contributed by atoms with Crippen LogP contribution in [-0.2, 0) is 4.74 Å². The predicted octanol–water partition coefficient (Wildman–Crippen LogP) is 4.60. The molecule has 19 heavy (non-hydrogen) atoms. The number of carbonyl (C=O) groups excluding carboxylic acids is 1. The van der Waals surface area contributed by atoms with Gasteiger partial charge in [-0.25, -0.2) is 9.78 Å². The van der Waals surface area contributed by atoms with Crippen LogP contribution in [0.3, 0.4) is 0 Å². The van der Waals surface area contributed by atoms with E-state index in [-0.39, 0.29) is 0 Å². The molecule has 2 aromatic rings. The minimum Gasteiger partial charge on any atom is -0.461 e. The largest absolute Gasteiger partial charge is 0.461 e. The fourth-order valence-corrected chi connectivity index (χ4v) is 3.26. The Morgan fingerprint density at radius 2 is 2.00 bits per heavy atom. The molecule has 1 aromatic carbocycles. The number of carbonyl (C=O) groups is 1. The van der Waals surface area contributed by atoms with E-state index in [1.165, 1.54) is 11.3 Å². The van der Waals surface area contributed by atoms with Crippen molar-refractivity contribution in [2.75, 3.05) is 6.61 Å². The number of ether oxygens (including phenoxy) is 1. The van der Waals surface area contributed by atoms with Crippen molar-refractivity contribution in [2.45, 2.75) is 13.8 Å². The number of nitrogens with zero attached hydrogens (tertiary/aromatic N) is 1. The third-order valence-corrected chi connectivity index (χ3v) is 4.06. The molecule has 0 aliphatic rings. The first-order valence-corrected chi connectivity index (χ1v) is 7.20. The number of hydrogen-bond donors (Lipinski definition) is 0. The predicted molar refractivity (Wildman–Crippen MR) is 78.3 cm³/mol. The van der Waals surface area contributed by atoms with Crippen LogP contribution in [0.25, 0.3) is 10.6 Å². The van der Waals surface area contributed by atoms with Crippen LogP contribution in [0, 0.1) is 6.92 Å². The van der Waals surface area contributed by atoms with Crippen LogP contribution in [0.5, 0.6) is 0 Å². The van der Waals surface area contributed by atoms with E-state index in [0.717, 1.165) is 4.88 Å². The van der Waals surface area contributed by atoms with Crippen molar-refractivity contribution in [1.82, 2.24) is 4.98 Å². The Morgan fingerprint density at radius 3 is 2.58 bits per heavy atom. The van der Waals surface area contributed by atoms with Gasteiger partial charge in [-0.2, -0.15) is 0 Å². The van der Waals surface area contributed by atoms with Crippen molar-refractivity contribution < 1.29 is 9.53 Å². The molecular weight excluding hydrogens is 305 g/mol. The zero-order chi connectivity index (χ0) is 14.0. The summed E-state index contributed by atoms with van der Waals surface area (Å²) in [5.74, 6) is -0.425. The van der Waals surface area contributed by atoms with Crippen LogP contribution >= 0.6 is 34.5 Å². The molecule has 0 aliphatic carbocycles. The van der Waals surface area contributed by atoms with Crippen LogP contribution in [-0.4, -0.2) is 17.6 Å². The summed E-state index contributed by atoms with van der Waals surface area (Å²) in [5, 5.41) is 1.64. The first kappa shape index (κ1) is 14.3. The highest BCUT2D eigenvalue weighted by Crippen LogP contribution is 2.37. The molecule has 1 aromatic heterocycles. The first-order chi connectivity index (χ1) is 9.04. The number of aromatic nitrogens is 1. The van der Waals surface area contributed by atoms with E-state index in [1.54, 1.807) is 25.1 Å². The number of thiazole rings is 1. The van der Waals surface area contributed by atoms with Crippen LogP contribution in [0.15, 0.2) is 18.2 Å². The Hall–Kier alpha value is -1.10. The van der Waals surface area contributed by atoms with E-state index in [0.29, 0.717) is 32.9 Å². The number of benzene rings is 1. The third kappa shape index (κ3) is 2.91. The fraction of sp³-hybridized carbons (Fsp3) is 0.231. The van der Waals surface area contributed by atoms with E-state index >= 15 is 0 Å². The van der Waals surface area contributed by atoms with Gasteiger partial charge in [-0.15, -0.1) is 11.3 Å². The van der Waals surface area contributed by atoms with Crippen molar-refractivity contribution in [3.8, 4) is 10.6 Å². The molecule has 3 nitrogen and oxygen atoms in total. The molecule has 1 heterocycles. The van der Waals surface area contributed by atoms with Gasteiger partial charge in [0.05, 0.1) is 16.7 Å². The maximum Gasteiger partial charge on any atom is 0.358 e. The summed E-state index contributed by atoms with van der Waals surface area (Å²) in [6, 6.07) is 5.24. The molecule has 0 bridgehead atoms. The lowest BCUT2D eigenvalue weighted by Crippen LogP contribution is -2.06. The topological polar surface area (TPSA) is 39.2 Å². The lowest BCUT2D eigenvalue weighted by molar-refractivity contribution is 0.0519. The standard InChI is InChI=1S/C13H11Cl2NO2S/c1-3-18-13(17)11-7(2)19-12(16-11)10-8(14)5-4-6-9(10)15/h4-6H,3H2,1-2H3. The van der Waals surface area contributed by atoms with Crippen LogP contribution in [0.2, 0.25) is 10.0 Å². The Labute approximate surface area is 125 Å². The van der Waals surface area contributed by atoms with Crippen LogP contribution < -0.4 is 0 Å². The minimum atomic E-state index is -0.425. The fourth-order valence-electron chi connectivity index (χ4n) is 1.59. The summed E-state index contributed by atoms with van der Waals surface area (Å²) in [4.78, 5) is 16.8. The van der Waals surface area contributed by atoms with Gasteiger partial charge >= 0.3 is 5.97 Å². The lowest BCUT2D eigenvalue weighted by atomic mass is 10.2. The van der Waals surface area contributed by atoms with E-state index in [2.05, 4.69) is 4.98 Å². The molecule has 0 unspecified atom stereocenters. The molecule has 0 atom stereocenters. The van der Waals surface area contributed by atoms with Gasteiger partial charge in [-0.05, 0) is 26.0 Å². The normalized spacial score (nSPS) is 10.5. The number of esters is 1. The summed E-state index contributed by atoms with van der Waals surface area (Å²) in [6.45, 7) is 3.89. The number of hydrogen-bond acceptors (Lipinski definition) is 4. The van der Waals surface area contributed by atoms with E-state index in [4.69, 9.17) is 27.9 Å². The van der Waals surface area contributed by atoms with Gasteiger partial charge in [0.25, 0.3) is 0 Å². The molecule has 0 saturated carbocycles. The van der Waals surface area contributed by atoms with Gasteiger partial charge in [0.1, 0.15) is 5.01 Å². The molecule has 0 saturated heterocycles. The van der Waals surface area contributed by atoms with Gasteiger partial charge in [0.15, 0.2) is 5.69 Å². The van der Waals surface area contributed by atoms with Crippen molar-refractivity contribution in [1.29, 1.82) is 0 Å². The van der Waals surface area contributed by atoms with Crippen LogP contribution in [0.1, 0.15) is 22.3 Å². The minimum absolute atomic E-state index is 0.317. The summed E-state index contributed by atoms with van der Waals surface area (Å²) < 4.78 is 4.96. The first-order valence-electron chi connectivity index (χ1n) is 5.63. The highest BCUT2D eigenvalue weighted by molar-refractivity contribution is 7.15. The van der Waals surface area contributed by atoms with Crippen LogP contribution in [0.4, 0.5) is 0 Å². The van der Waals surface area contributed by atoms with Crippen molar-refractivity contribution in [2.24, 2.45) is 0 Å². The monoisotopic (exact) mass is 315 g/mol. The molecule has 0 radical (unpaired) electrons. The lowest BCUT2D eigenvalue weighted by Gasteiger charge is -2.02. The maximum atomic E-state index is 11.7. The molecule has 0 fully saturated rings. The van der Waals surface area contributed by atoms with E-state index < -0.39 is 5.97 Å². The third-order valence-electron chi connectivity index (χ3n) is 2.44. The zero-order valence-corrected chi connectivity index (χ0v) is 12.7. The Kier molecular flexibility index (Phi) is 4.45. The summed E-state index contributed by atoms with van der Waals surface area (Å²) in [6.07, 6.45) is 0. The second-order valence-corrected chi connectivity index (χ2v) is 5.76. The molecule has 100 valence electrons. The Bertz CT molecular complexity index is 605. The highest BCUT2D eigenvalue weighted by Gasteiger charge is 2.19. The highest BCUT2D eigenvalue weighted by atomic mass is 35.5. The van der Waals surface area contributed by atoms with Gasteiger partial charge in [-0.1, -0.05) is 29.3 Å². The smallest absolute Gasteiger partial charge is 0.358 e.